The third-order valence-corrected chi connectivity index (χ3v) is 5.49. The molecule has 2 N–H and O–H groups in total. The molecule has 6 nitrogen and oxygen atoms in total. The lowest BCUT2D eigenvalue weighted by atomic mass is 9.55. The molecule has 0 aromatic heterocycles. The van der Waals surface area contributed by atoms with Gasteiger partial charge in [-0.2, -0.15) is 0 Å². The molecule has 0 heterocycles. The summed E-state index contributed by atoms with van der Waals surface area (Å²) in [4.78, 5) is 23.1. The molecule has 0 radical (unpaired) electrons. The van der Waals surface area contributed by atoms with Crippen LogP contribution < -0.4 is 0 Å². The predicted molar refractivity (Wildman–Crippen MR) is 88.8 cm³/mol. The fraction of sp³-hybridized carbons (Fsp3) is 0.579. The summed E-state index contributed by atoms with van der Waals surface area (Å²) in [6.07, 6.45) is -1.28. The molecule has 0 bridgehead atoms. The van der Waals surface area contributed by atoms with Crippen LogP contribution in [0.5, 0.6) is 0 Å². The van der Waals surface area contributed by atoms with E-state index in [2.05, 4.69) is 0 Å². The van der Waals surface area contributed by atoms with E-state index in [0.29, 0.717) is 12.8 Å². The summed E-state index contributed by atoms with van der Waals surface area (Å²) >= 11 is 0. The molecule has 6 heteroatoms. The molecule has 136 valence electrons. The van der Waals surface area contributed by atoms with Gasteiger partial charge >= 0.3 is 11.9 Å². The predicted octanol–water partition coefficient (Wildman–Crippen LogP) is 1.32. The molecule has 3 rings (SSSR count). The Morgan fingerprint density at radius 3 is 2.56 bits per heavy atom. The van der Waals surface area contributed by atoms with Crippen molar-refractivity contribution in [2.45, 2.75) is 57.3 Å². The lowest BCUT2D eigenvalue weighted by Crippen LogP contribution is -2.61. The first-order chi connectivity index (χ1) is 11.8. The largest absolute Gasteiger partial charge is 0.465 e. The van der Waals surface area contributed by atoms with Crippen LogP contribution in [0.15, 0.2) is 24.3 Å². The maximum Gasteiger partial charge on any atom is 0.303 e. The van der Waals surface area contributed by atoms with Crippen molar-refractivity contribution < 1.29 is 29.3 Å². The molecule has 1 aromatic rings. The molecule has 2 aliphatic carbocycles. The van der Waals surface area contributed by atoms with Crippen molar-refractivity contribution in [3.63, 3.8) is 0 Å². The van der Waals surface area contributed by atoms with Gasteiger partial charge in [0.05, 0.1) is 17.6 Å². The molecular weight excluding hydrogens is 324 g/mol. The molecule has 0 spiro atoms. The number of esters is 2. The summed E-state index contributed by atoms with van der Waals surface area (Å²) in [6, 6.07) is 7.82. The van der Waals surface area contributed by atoms with Crippen molar-refractivity contribution in [3.05, 3.63) is 35.4 Å². The molecule has 5 atom stereocenters. The van der Waals surface area contributed by atoms with Gasteiger partial charge in [0.2, 0.25) is 0 Å². The summed E-state index contributed by atoms with van der Waals surface area (Å²) < 4.78 is 10.8. The second-order valence-corrected chi connectivity index (χ2v) is 7.09. The van der Waals surface area contributed by atoms with Gasteiger partial charge in [0.15, 0.2) is 0 Å². The zero-order chi connectivity index (χ0) is 18.2. The van der Waals surface area contributed by atoms with Gasteiger partial charge in [-0.25, -0.2) is 0 Å². The number of benzene rings is 1. The monoisotopic (exact) mass is 348 g/mol. The van der Waals surface area contributed by atoms with Crippen LogP contribution >= 0.6 is 0 Å². The van der Waals surface area contributed by atoms with Gasteiger partial charge in [-0.1, -0.05) is 24.3 Å². The third kappa shape index (κ3) is 3.16. The molecule has 1 aromatic carbocycles. The van der Waals surface area contributed by atoms with Crippen LogP contribution in [0, 0.1) is 5.41 Å². The van der Waals surface area contributed by atoms with Crippen molar-refractivity contribution in [2.75, 3.05) is 6.61 Å². The normalized spacial score (nSPS) is 33.8. The van der Waals surface area contributed by atoms with Crippen molar-refractivity contribution in [3.8, 4) is 0 Å². The summed E-state index contributed by atoms with van der Waals surface area (Å²) in [5.74, 6) is -1.31. The van der Waals surface area contributed by atoms with E-state index in [9.17, 15) is 19.8 Å². The number of carbonyl (C=O) groups excluding carboxylic acids is 2. The van der Waals surface area contributed by atoms with E-state index in [0.717, 1.165) is 11.1 Å². The number of aliphatic hydroxyl groups is 2. The minimum absolute atomic E-state index is 0.00655. The van der Waals surface area contributed by atoms with E-state index in [4.69, 9.17) is 9.47 Å². The first kappa shape index (κ1) is 17.9. The first-order valence-electron chi connectivity index (χ1n) is 8.59. The molecule has 1 fully saturated rings. The SMILES string of the molecule is CC(=O)OC[C@@]12CCc3ccccc3[C@@H]1[C@H](O)C[C@@H](O)[C@H]2OC(C)=O. The maximum atomic E-state index is 11.6. The molecule has 0 unspecified atom stereocenters. The molecule has 25 heavy (non-hydrogen) atoms. The van der Waals surface area contributed by atoms with Gasteiger partial charge in [0.1, 0.15) is 12.7 Å². The fourth-order valence-corrected chi connectivity index (χ4v) is 4.55. The Morgan fingerprint density at radius 1 is 1.16 bits per heavy atom. The number of fused-ring (bicyclic) bond motifs is 3. The van der Waals surface area contributed by atoms with Crippen LogP contribution in [0.3, 0.4) is 0 Å². The molecule has 1 saturated carbocycles. The van der Waals surface area contributed by atoms with Gasteiger partial charge in [-0.05, 0) is 24.0 Å². The average molecular weight is 348 g/mol. The maximum absolute atomic E-state index is 11.6. The molecule has 0 saturated heterocycles. The highest BCUT2D eigenvalue weighted by atomic mass is 16.6. The average Bonchev–Trinajstić information content (AvgIpc) is 2.56. The van der Waals surface area contributed by atoms with Crippen LogP contribution in [0.4, 0.5) is 0 Å². The van der Waals surface area contributed by atoms with E-state index >= 15 is 0 Å². The minimum Gasteiger partial charge on any atom is -0.465 e. The summed E-state index contributed by atoms with van der Waals surface area (Å²) in [6.45, 7) is 2.61. The van der Waals surface area contributed by atoms with E-state index in [1.54, 1.807) is 0 Å². The van der Waals surface area contributed by atoms with Crippen LogP contribution in [0.1, 0.15) is 43.7 Å². The van der Waals surface area contributed by atoms with Crippen LogP contribution in [0.25, 0.3) is 0 Å². The summed E-state index contributed by atoms with van der Waals surface area (Å²) in [5.41, 5.74) is 1.25. The Kier molecular flexibility index (Phi) is 4.84. The number of ether oxygens (including phenoxy) is 2. The van der Waals surface area contributed by atoms with Gasteiger partial charge < -0.3 is 19.7 Å². The molecule has 0 amide bonds. The Bertz CT molecular complexity index is 672. The highest BCUT2D eigenvalue weighted by Gasteiger charge is 2.59. The van der Waals surface area contributed by atoms with Crippen molar-refractivity contribution in [2.24, 2.45) is 5.41 Å². The van der Waals surface area contributed by atoms with Crippen molar-refractivity contribution >= 4 is 11.9 Å². The number of aryl methyl sites for hydroxylation is 1. The van der Waals surface area contributed by atoms with Gasteiger partial charge in [0.25, 0.3) is 0 Å². The van der Waals surface area contributed by atoms with Crippen molar-refractivity contribution in [1.82, 2.24) is 0 Å². The minimum atomic E-state index is -1.00. The highest BCUT2D eigenvalue weighted by Crippen LogP contribution is 2.55. The quantitative estimate of drug-likeness (QED) is 0.801. The third-order valence-electron chi connectivity index (χ3n) is 5.49. The second-order valence-electron chi connectivity index (χ2n) is 7.09. The van der Waals surface area contributed by atoms with Crippen LogP contribution in [0.2, 0.25) is 0 Å². The fourth-order valence-electron chi connectivity index (χ4n) is 4.55. The van der Waals surface area contributed by atoms with Gasteiger partial charge in [-0.3, -0.25) is 9.59 Å². The topological polar surface area (TPSA) is 93.1 Å². The van der Waals surface area contributed by atoms with E-state index in [1.807, 2.05) is 24.3 Å². The molecule has 2 aliphatic rings. The summed E-state index contributed by atoms with van der Waals surface area (Å²) in [5, 5.41) is 21.3. The lowest BCUT2D eigenvalue weighted by molar-refractivity contribution is -0.201. The molecular formula is C19H24O6. The number of hydrogen-bond acceptors (Lipinski definition) is 6. The van der Waals surface area contributed by atoms with Crippen LogP contribution in [-0.2, 0) is 25.5 Å². The Hall–Kier alpha value is -1.92. The highest BCUT2D eigenvalue weighted by molar-refractivity contribution is 5.67. The zero-order valence-electron chi connectivity index (χ0n) is 14.5. The lowest BCUT2D eigenvalue weighted by Gasteiger charge is -2.54. The van der Waals surface area contributed by atoms with Gasteiger partial charge in [-0.15, -0.1) is 0 Å². The van der Waals surface area contributed by atoms with E-state index in [-0.39, 0.29) is 18.9 Å². The number of aliphatic hydroxyl groups excluding tert-OH is 2. The summed E-state index contributed by atoms with van der Waals surface area (Å²) in [7, 11) is 0. The Balaban J connectivity index is 2.09. The first-order valence-corrected chi connectivity index (χ1v) is 8.59. The Labute approximate surface area is 146 Å². The number of rotatable bonds is 3. The number of hydrogen-bond donors (Lipinski definition) is 2. The second kappa shape index (κ2) is 6.77. The van der Waals surface area contributed by atoms with E-state index in [1.165, 1.54) is 13.8 Å². The zero-order valence-corrected chi connectivity index (χ0v) is 14.5. The van der Waals surface area contributed by atoms with Crippen LogP contribution in [-0.4, -0.2) is 47.1 Å². The Morgan fingerprint density at radius 2 is 1.88 bits per heavy atom. The van der Waals surface area contributed by atoms with E-state index < -0.39 is 35.7 Å². The standard InChI is InChI=1S/C19H24O6/c1-11(20)24-10-19-8-7-13-5-3-4-6-14(13)17(19)15(22)9-16(23)18(19)25-12(2)21/h3-6,15-18,22-23H,7-10H2,1-2H3/t15-,16-,17-,18-,19+/m1/s1. The number of carbonyl (C=O) groups is 2. The van der Waals surface area contributed by atoms with Gasteiger partial charge in [0, 0.05) is 26.2 Å². The smallest absolute Gasteiger partial charge is 0.303 e. The molecule has 0 aliphatic heterocycles. The van der Waals surface area contributed by atoms with Crippen molar-refractivity contribution in [1.29, 1.82) is 0 Å².